The average molecular weight is 492 g/mol. The molecule has 0 radical (unpaired) electrons. The largest absolute Gasteiger partial charge is 0.422 e. The lowest BCUT2D eigenvalue weighted by Gasteiger charge is -2.09. The fourth-order valence-electron chi connectivity index (χ4n) is 2.36. The van der Waals surface area contributed by atoms with Crippen LogP contribution in [0.3, 0.4) is 0 Å². The monoisotopic (exact) mass is 490 g/mol. The molecule has 1 N–H and O–H groups in total. The second-order valence-electron chi connectivity index (χ2n) is 5.73. The lowest BCUT2D eigenvalue weighted by molar-refractivity contribution is 0.0734. The van der Waals surface area contributed by atoms with Gasteiger partial charge in [-0.3, -0.25) is 4.79 Å². The van der Waals surface area contributed by atoms with E-state index in [1.54, 1.807) is 66.7 Å². The molecule has 0 aliphatic carbocycles. The minimum absolute atomic E-state index is 0.243. The minimum Gasteiger partial charge on any atom is -0.422 e. The molecule has 146 valence electrons. The fourth-order valence-corrected chi connectivity index (χ4v) is 3.17. The van der Waals surface area contributed by atoms with Crippen LogP contribution in [-0.2, 0) is 0 Å². The van der Waals surface area contributed by atoms with Crippen LogP contribution in [-0.4, -0.2) is 18.1 Å². The number of amides is 1. The first-order valence-electron chi connectivity index (χ1n) is 8.30. The van der Waals surface area contributed by atoms with Crippen molar-refractivity contribution < 1.29 is 14.3 Å². The first-order chi connectivity index (χ1) is 14.0. The highest BCUT2D eigenvalue weighted by molar-refractivity contribution is 9.10. The molecule has 0 aliphatic heterocycles. The summed E-state index contributed by atoms with van der Waals surface area (Å²) in [6, 6.07) is 18.2. The number of esters is 1. The minimum atomic E-state index is -0.604. The van der Waals surface area contributed by atoms with Gasteiger partial charge in [-0.25, -0.2) is 10.2 Å². The summed E-state index contributed by atoms with van der Waals surface area (Å²) in [7, 11) is 0. The molecule has 0 atom stereocenters. The number of carbonyl (C=O) groups excluding carboxylic acids is 2. The van der Waals surface area contributed by atoms with E-state index < -0.39 is 11.9 Å². The number of nitrogens with zero attached hydrogens (tertiary/aromatic N) is 1. The van der Waals surface area contributed by atoms with Crippen LogP contribution in [0, 0.1) is 0 Å². The zero-order valence-electron chi connectivity index (χ0n) is 14.7. The number of ether oxygens (including phenoxy) is 1. The maximum Gasteiger partial charge on any atom is 0.345 e. The molecule has 0 heterocycles. The van der Waals surface area contributed by atoms with Crippen LogP contribution in [0.2, 0.25) is 10.0 Å². The molecule has 0 aliphatic rings. The molecule has 3 aromatic rings. The van der Waals surface area contributed by atoms with Gasteiger partial charge in [0.05, 0.1) is 27.4 Å². The van der Waals surface area contributed by atoms with Crippen LogP contribution in [0.5, 0.6) is 5.75 Å². The third-order valence-electron chi connectivity index (χ3n) is 3.76. The molecular formula is C21H13BrCl2N2O3. The van der Waals surface area contributed by atoms with E-state index in [4.69, 9.17) is 27.9 Å². The van der Waals surface area contributed by atoms with E-state index in [2.05, 4.69) is 26.5 Å². The van der Waals surface area contributed by atoms with Crippen LogP contribution < -0.4 is 10.2 Å². The Kier molecular flexibility index (Phi) is 7.04. The lowest BCUT2D eigenvalue weighted by atomic mass is 10.2. The summed E-state index contributed by atoms with van der Waals surface area (Å²) in [6.45, 7) is 0. The summed E-state index contributed by atoms with van der Waals surface area (Å²) < 4.78 is 6.20. The molecule has 0 bridgehead atoms. The van der Waals surface area contributed by atoms with Gasteiger partial charge >= 0.3 is 5.97 Å². The summed E-state index contributed by atoms with van der Waals surface area (Å²) in [4.78, 5) is 24.6. The quantitative estimate of drug-likeness (QED) is 0.214. The Morgan fingerprint density at radius 2 is 1.55 bits per heavy atom. The molecule has 0 spiro atoms. The predicted octanol–water partition coefficient (Wildman–Crippen LogP) is 5.74. The molecule has 29 heavy (non-hydrogen) atoms. The summed E-state index contributed by atoms with van der Waals surface area (Å²) >= 11 is 15.4. The maximum absolute atomic E-state index is 12.4. The summed E-state index contributed by atoms with van der Waals surface area (Å²) in [5.41, 5.74) is 3.41. The third-order valence-corrected chi connectivity index (χ3v) is 4.91. The molecule has 3 aromatic carbocycles. The van der Waals surface area contributed by atoms with Crippen molar-refractivity contribution >= 4 is 57.2 Å². The Balaban J connectivity index is 1.77. The van der Waals surface area contributed by atoms with Crippen LogP contribution in [0.25, 0.3) is 0 Å². The molecule has 3 rings (SSSR count). The number of carbonyl (C=O) groups is 2. The van der Waals surface area contributed by atoms with Crippen molar-refractivity contribution in [2.24, 2.45) is 5.10 Å². The van der Waals surface area contributed by atoms with Gasteiger partial charge in [0.2, 0.25) is 0 Å². The van der Waals surface area contributed by atoms with E-state index in [1.165, 1.54) is 6.21 Å². The number of hydrazone groups is 1. The van der Waals surface area contributed by atoms with E-state index in [1.807, 2.05) is 0 Å². The highest BCUT2D eigenvalue weighted by atomic mass is 79.9. The Morgan fingerprint density at radius 1 is 0.931 bits per heavy atom. The topological polar surface area (TPSA) is 67.8 Å². The second kappa shape index (κ2) is 9.69. The molecule has 0 aromatic heterocycles. The Labute approximate surface area is 185 Å². The number of halogens is 3. The van der Waals surface area contributed by atoms with Gasteiger partial charge in [0.15, 0.2) is 0 Å². The smallest absolute Gasteiger partial charge is 0.345 e. The van der Waals surface area contributed by atoms with Gasteiger partial charge in [-0.05, 0) is 42.5 Å². The first kappa shape index (κ1) is 21.0. The van der Waals surface area contributed by atoms with Gasteiger partial charge in [-0.15, -0.1) is 0 Å². The van der Waals surface area contributed by atoms with E-state index >= 15 is 0 Å². The summed E-state index contributed by atoms with van der Waals surface area (Å²) in [5, 5.41) is 4.54. The van der Waals surface area contributed by atoms with Gasteiger partial charge in [0, 0.05) is 10.0 Å². The standard InChI is InChI=1S/C21H13BrCl2N2O3/c22-14-9-10-19(29-21(28)16-6-2-4-8-18(16)24)13(11-14)12-25-26-20(27)15-5-1-3-7-17(15)23/h1-12H,(H,26,27)/b25-12+. The number of benzene rings is 3. The third kappa shape index (κ3) is 5.44. The predicted molar refractivity (Wildman–Crippen MR) is 117 cm³/mol. The van der Waals surface area contributed by atoms with E-state index in [0.717, 1.165) is 4.47 Å². The number of hydrogen-bond donors (Lipinski definition) is 1. The molecule has 5 nitrogen and oxygen atoms in total. The van der Waals surface area contributed by atoms with Crippen LogP contribution in [0.4, 0.5) is 0 Å². The highest BCUT2D eigenvalue weighted by Gasteiger charge is 2.14. The molecule has 0 fully saturated rings. The lowest BCUT2D eigenvalue weighted by Crippen LogP contribution is -2.18. The van der Waals surface area contributed by atoms with Gasteiger partial charge in [-0.1, -0.05) is 63.4 Å². The fraction of sp³-hybridized carbons (Fsp3) is 0. The van der Waals surface area contributed by atoms with Gasteiger partial charge < -0.3 is 4.74 Å². The molecular weight excluding hydrogens is 479 g/mol. The second-order valence-corrected chi connectivity index (χ2v) is 7.46. The van der Waals surface area contributed by atoms with Gasteiger partial charge in [0.25, 0.3) is 5.91 Å². The SMILES string of the molecule is O=C(N/N=C/c1cc(Br)ccc1OC(=O)c1ccccc1Cl)c1ccccc1Cl. The first-order valence-corrected chi connectivity index (χ1v) is 9.85. The van der Waals surface area contributed by atoms with Crippen molar-refractivity contribution in [3.63, 3.8) is 0 Å². The van der Waals surface area contributed by atoms with E-state index in [-0.39, 0.29) is 16.3 Å². The van der Waals surface area contributed by atoms with Gasteiger partial charge in [0.1, 0.15) is 5.75 Å². The summed E-state index contributed by atoms with van der Waals surface area (Å²) in [6.07, 6.45) is 1.37. The van der Waals surface area contributed by atoms with Crippen LogP contribution in [0.15, 0.2) is 76.3 Å². The number of hydrogen-bond acceptors (Lipinski definition) is 4. The van der Waals surface area contributed by atoms with Crippen LogP contribution in [0.1, 0.15) is 26.3 Å². The van der Waals surface area contributed by atoms with Crippen molar-refractivity contribution in [2.45, 2.75) is 0 Å². The highest BCUT2D eigenvalue weighted by Crippen LogP contribution is 2.24. The summed E-state index contributed by atoms with van der Waals surface area (Å²) in [5.74, 6) is -0.807. The number of nitrogens with one attached hydrogen (secondary N) is 1. The molecule has 1 amide bonds. The molecule has 0 saturated heterocycles. The van der Waals surface area contributed by atoms with E-state index in [0.29, 0.717) is 16.1 Å². The van der Waals surface area contributed by atoms with Crippen molar-refractivity contribution in [3.8, 4) is 5.75 Å². The van der Waals surface area contributed by atoms with Gasteiger partial charge in [-0.2, -0.15) is 5.10 Å². The average Bonchev–Trinajstić information content (AvgIpc) is 2.70. The normalized spacial score (nSPS) is 10.7. The zero-order chi connectivity index (χ0) is 20.8. The van der Waals surface area contributed by atoms with Crippen molar-refractivity contribution in [1.82, 2.24) is 5.43 Å². The van der Waals surface area contributed by atoms with Crippen molar-refractivity contribution in [3.05, 3.63) is 97.9 Å². The molecule has 0 saturated carbocycles. The Bertz CT molecular complexity index is 1100. The van der Waals surface area contributed by atoms with Crippen molar-refractivity contribution in [1.29, 1.82) is 0 Å². The van der Waals surface area contributed by atoms with Crippen LogP contribution >= 0.6 is 39.1 Å². The molecule has 8 heteroatoms. The number of rotatable bonds is 5. The maximum atomic E-state index is 12.4. The van der Waals surface area contributed by atoms with E-state index in [9.17, 15) is 9.59 Å². The Morgan fingerprint density at radius 3 is 2.21 bits per heavy atom. The van der Waals surface area contributed by atoms with Crippen molar-refractivity contribution in [2.75, 3.05) is 0 Å². The zero-order valence-corrected chi connectivity index (χ0v) is 17.8. The molecule has 0 unspecified atom stereocenters. The Hall–Kier alpha value is -2.67.